The molecule has 0 aliphatic rings. The molecule has 0 atom stereocenters. The molecule has 0 amide bonds. The Morgan fingerprint density at radius 2 is 1.59 bits per heavy atom. The van der Waals surface area contributed by atoms with Crippen molar-refractivity contribution < 1.29 is 13.5 Å². The molecule has 90 valence electrons. The third kappa shape index (κ3) is 1.87. The van der Waals surface area contributed by atoms with Crippen molar-refractivity contribution in [1.82, 2.24) is 4.31 Å². The maximum atomic E-state index is 12.1. The van der Waals surface area contributed by atoms with E-state index in [1.165, 1.54) is 26.2 Å². The lowest BCUT2D eigenvalue weighted by molar-refractivity contribution is 0.481. The monoisotopic (exact) mass is 251 g/mol. The average Bonchev–Trinajstić information content (AvgIpc) is 2.28. The van der Waals surface area contributed by atoms with Crippen LogP contribution in [0.2, 0.25) is 0 Å². The molecule has 0 aliphatic carbocycles. The summed E-state index contributed by atoms with van der Waals surface area (Å²) in [6.45, 7) is 0. The van der Waals surface area contributed by atoms with E-state index in [1.807, 2.05) is 0 Å². The van der Waals surface area contributed by atoms with Crippen LogP contribution in [0.4, 0.5) is 0 Å². The summed E-state index contributed by atoms with van der Waals surface area (Å²) in [5.74, 6) is 0.0818. The van der Waals surface area contributed by atoms with Crippen LogP contribution in [-0.2, 0) is 10.0 Å². The number of fused-ring (bicyclic) bond motifs is 1. The zero-order valence-electron chi connectivity index (χ0n) is 9.58. The largest absolute Gasteiger partial charge is 0.507 e. The van der Waals surface area contributed by atoms with Gasteiger partial charge in [0.1, 0.15) is 5.75 Å². The molecule has 2 rings (SSSR count). The number of benzene rings is 2. The zero-order valence-corrected chi connectivity index (χ0v) is 10.4. The van der Waals surface area contributed by atoms with Gasteiger partial charge in [0.25, 0.3) is 0 Å². The summed E-state index contributed by atoms with van der Waals surface area (Å²) in [6, 6.07) is 9.71. The van der Waals surface area contributed by atoms with Crippen molar-refractivity contribution in [2.75, 3.05) is 14.1 Å². The van der Waals surface area contributed by atoms with Gasteiger partial charge in [-0.1, -0.05) is 24.3 Å². The van der Waals surface area contributed by atoms with Crippen LogP contribution in [0.1, 0.15) is 0 Å². The Kier molecular flexibility index (Phi) is 2.81. The van der Waals surface area contributed by atoms with E-state index in [0.29, 0.717) is 10.8 Å². The zero-order chi connectivity index (χ0) is 12.6. The van der Waals surface area contributed by atoms with E-state index in [9.17, 15) is 13.5 Å². The molecule has 4 nitrogen and oxygen atoms in total. The van der Waals surface area contributed by atoms with Crippen molar-refractivity contribution in [3.8, 4) is 5.75 Å². The molecule has 0 spiro atoms. The minimum atomic E-state index is -3.50. The van der Waals surface area contributed by atoms with E-state index < -0.39 is 10.0 Å². The van der Waals surface area contributed by atoms with E-state index >= 15 is 0 Å². The van der Waals surface area contributed by atoms with Gasteiger partial charge < -0.3 is 5.11 Å². The molecule has 0 aliphatic heterocycles. The van der Waals surface area contributed by atoms with E-state index in [4.69, 9.17) is 0 Å². The summed E-state index contributed by atoms with van der Waals surface area (Å²) in [5, 5.41) is 10.8. The number of aromatic hydroxyl groups is 1. The second-order valence-corrected chi connectivity index (χ2v) is 6.04. The van der Waals surface area contributed by atoms with Gasteiger partial charge in [0.2, 0.25) is 10.0 Å². The molecule has 0 saturated carbocycles. The number of rotatable bonds is 2. The maximum Gasteiger partial charge on any atom is 0.243 e. The first-order chi connectivity index (χ1) is 7.94. The quantitative estimate of drug-likeness (QED) is 0.885. The lowest BCUT2D eigenvalue weighted by atomic mass is 10.1. The van der Waals surface area contributed by atoms with E-state index in [-0.39, 0.29) is 10.6 Å². The number of phenols is 1. The fourth-order valence-corrected chi connectivity index (χ4v) is 2.79. The van der Waals surface area contributed by atoms with Gasteiger partial charge in [-0.2, -0.15) is 0 Å². The highest BCUT2D eigenvalue weighted by molar-refractivity contribution is 7.89. The van der Waals surface area contributed by atoms with Gasteiger partial charge in [-0.3, -0.25) is 0 Å². The van der Waals surface area contributed by atoms with Gasteiger partial charge in [0.05, 0.1) is 4.90 Å². The van der Waals surface area contributed by atoms with Crippen LogP contribution in [0, 0.1) is 0 Å². The Hall–Kier alpha value is -1.59. The van der Waals surface area contributed by atoms with Crippen LogP contribution in [0.5, 0.6) is 5.75 Å². The molecule has 0 saturated heterocycles. The van der Waals surface area contributed by atoms with Gasteiger partial charge >= 0.3 is 0 Å². The van der Waals surface area contributed by atoms with Crippen molar-refractivity contribution in [2.24, 2.45) is 0 Å². The standard InChI is InChI=1S/C12H13NO3S/c1-13(2)17(15,16)12-8-4-5-9-10(12)6-3-7-11(9)14/h3-8,14H,1-2H3. The van der Waals surface area contributed by atoms with Crippen LogP contribution in [0.25, 0.3) is 10.8 Å². The highest BCUT2D eigenvalue weighted by atomic mass is 32.2. The van der Waals surface area contributed by atoms with Gasteiger partial charge in [0, 0.05) is 24.9 Å². The molecule has 0 aromatic heterocycles. The third-order valence-electron chi connectivity index (χ3n) is 2.62. The van der Waals surface area contributed by atoms with Gasteiger partial charge in [0.15, 0.2) is 0 Å². The number of phenolic OH excluding ortho intramolecular Hbond substituents is 1. The summed E-state index contributed by atoms with van der Waals surface area (Å²) < 4.78 is 25.4. The molecule has 2 aromatic carbocycles. The van der Waals surface area contributed by atoms with E-state index in [0.717, 1.165) is 4.31 Å². The Morgan fingerprint density at radius 3 is 2.24 bits per heavy atom. The van der Waals surface area contributed by atoms with Crippen LogP contribution >= 0.6 is 0 Å². The van der Waals surface area contributed by atoms with Crippen molar-refractivity contribution in [1.29, 1.82) is 0 Å². The molecular formula is C12H13NO3S. The Labute approximate surface area is 100 Å². The Bertz CT molecular complexity index is 663. The molecule has 0 radical (unpaired) electrons. The second-order valence-electron chi connectivity index (χ2n) is 3.92. The van der Waals surface area contributed by atoms with E-state index in [2.05, 4.69) is 0 Å². The van der Waals surface area contributed by atoms with Crippen molar-refractivity contribution in [3.05, 3.63) is 36.4 Å². The predicted molar refractivity (Wildman–Crippen MR) is 66.5 cm³/mol. The summed E-state index contributed by atoms with van der Waals surface area (Å²) in [4.78, 5) is 0.205. The number of nitrogens with zero attached hydrogens (tertiary/aromatic N) is 1. The fourth-order valence-electron chi connectivity index (χ4n) is 1.69. The predicted octanol–water partition coefficient (Wildman–Crippen LogP) is 1.80. The number of hydrogen-bond donors (Lipinski definition) is 1. The van der Waals surface area contributed by atoms with Crippen LogP contribution in [0.3, 0.4) is 0 Å². The molecule has 0 fully saturated rings. The highest BCUT2D eigenvalue weighted by Crippen LogP contribution is 2.30. The minimum absolute atomic E-state index is 0.0818. The third-order valence-corrected chi connectivity index (χ3v) is 4.49. The first-order valence-electron chi connectivity index (χ1n) is 5.08. The molecule has 2 aromatic rings. The fraction of sp³-hybridized carbons (Fsp3) is 0.167. The summed E-state index contributed by atoms with van der Waals surface area (Å²) >= 11 is 0. The summed E-state index contributed by atoms with van der Waals surface area (Å²) in [6.07, 6.45) is 0. The van der Waals surface area contributed by atoms with Gasteiger partial charge in [-0.15, -0.1) is 0 Å². The van der Waals surface area contributed by atoms with Crippen LogP contribution in [0.15, 0.2) is 41.3 Å². The molecule has 17 heavy (non-hydrogen) atoms. The first kappa shape index (κ1) is 11.9. The van der Waals surface area contributed by atoms with Crippen molar-refractivity contribution in [2.45, 2.75) is 4.90 Å². The number of hydrogen-bond acceptors (Lipinski definition) is 3. The van der Waals surface area contributed by atoms with Crippen LogP contribution in [-0.4, -0.2) is 31.9 Å². The minimum Gasteiger partial charge on any atom is -0.507 e. The highest BCUT2D eigenvalue weighted by Gasteiger charge is 2.20. The maximum absolute atomic E-state index is 12.1. The smallest absolute Gasteiger partial charge is 0.243 e. The van der Waals surface area contributed by atoms with Crippen LogP contribution < -0.4 is 0 Å². The van der Waals surface area contributed by atoms with Gasteiger partial charge in [-0.05, 0) is 12.1 Å². The summed E-state index contributed by atoms with van der Waals surface area (Å²) in [7, 11) is -0.532. The van der Waals surface area contributed by atoms with Crippen molar-refractivity contribution >= 4 is 20.8 Å². The Morgan fingerprint density at radius 1 is 1.00 bits per heavy atom. The molecule has 0 unspecified atom stereocenters. The topological polar surface area (TPSA) is 57.6 Å². The molecule has 0 heterocycles. The first-order valence-corrected chi connectivity index (χ1v) is 6.52. The SMILES string of the molecule is CN(C)S(=O)(=O)c1cccc2c(O)cccc12. The average molecular weight is 251 g/mol. The number of sulfonamides is 1. The normalized spacial score (nSPS) is 12.2. The van der Waals surface area contributed by atoms with E-state index in [1.54, 1.807) is 24.3 Å². The van der Waals surface area contributed by atoms with Crippen molar-refractivity contribution in [3.63, 3.8) is 0 Å². The lowest BCUT2D eigenvalue weighted by Gasteiger charge is -2.13. The van der Waals surface area contributed by atoms with Gasteiger partial charge in [-0.25, -0.2) is 12.7 Å². The molecule has 5 heteroatoms. The Balaban J connectivity index is 2.85. The molecular weight excluding hydrogens is 238 g/mol. The lowest BCUT2D eigenvalue weighted by Crippen LogP contribution is -2.22. The second kappa shape index (κ2) is 4.01. The molecule has 1 N–H and O–H groups in total. The molecule has 0 bridgehead atoms. The summed E-state index contributed by atoms with van der Waals surface area (Å²) in [5.41, 5.74) is 0.